The van der Waals surface area contributed by atoms with E-state index in [-0.39, 0.29) is 36.6 Å². The second kappa shape index (κ2) is 12.1. The average Bonchev–Trinajstić information content (AvgIpc) is 3.83. The minimum absolute atomic E-state index is 0.170. The Morgan fingerprint density at radius 2 is 1.50 bits per heavy atom. The van der Waals surface area contributed by atoms with E-state index in [0.29, 0.717) is 46.1 Å². The van der Waals surface area contributed by atoms with Crippen molar-refractivity contribution in [1.29, 1.82) is 0 Å². The molecule has 2 aromatic carbocycles. The van der Waals surface area contributed by atoms with Crippen molar-refractivity contribution < 1.29 is 38.6 Å². The van der Waals surface area contributed by atoms with Crippen molar-refractivity contribution >= 4 is 11.0 Å². The number of aromatic nitrogens is 3. The number of phenols is 1. The van der Waals surface area contributed by atoms with Gasteiger partial charge in [-0.1, -0.05) is 25.1 Å². The van der Waals surface area contributed by atoms with E-state index in [1.807, 2.05) is 38.3 Å². The molecule has 0 bridgehead atoms. The third kappa shape index (κ3) is 6.46. The molecule has 2 aliphatic heterocycles. The summed E-state index contributed by atoms with van der Waals surface area (Å²) >= 11 is 0. The zero-order valence-corrected chi connectivity index (χ0v) is 22.9. The number of phenolic OH excluding ortho intramolecular Hbond substituents is 1. The Labute approximate surface area is 232 Å². The Bertz CT molecular complexity index is 1290. The zero-order chi connectivity index (χ0) is 27.5. The van der Waals surface area contributed by atoms with Gasteiger partial charge in [-0.05, 0) is 42.7 Å². The Hall–Kier alpha value is -2.64. The Balaban J connectivity index is 0.930. The number of aliphatic hydroxyl groups excluding tert-OH is 1. The minimum Gasteiger partial charge on any atom is -0.506 e. The molecule has 2 fully saturated rings. The normalized spacial score (nSPS) is 20.9. The second-order valence-corrected chi connectivity index (χ2v) is 11.0. The van der Waals surface area contributed by atoms with E-state index in [1.165, 1.54) is 0 Å². The molecule has 6 rings (SSSR count). The number of benzene rings is 2. The number of fused-ring (bicyclic) bond motifs is 4. The van der Waals surface area contributed by atoms with Gasteiger partial charge in [-0.15, -0.1) is 14.1 Å². The quantitative estimate of drug-likeness (QED) is 0.133. The maximum atomic E-state index is 10.4. The average molecular weight is 558 g/mol. The van der Waals surface area contributed by atoms with Crippen molar-refractivity contribution in [1.82, 2.24) is 14.1 Å². The predicted molar refractivity (Wildman–Crippen MR) is 146 cm³/mol. The van der Waals surface area contributed by atoms with Gasteiger partial charge in [0.05, 0.1) is 66.1 Å². The topological polar surface area (TPSA) is 116 Å². The Morgan fingerprint density at radius 1 is 0.900 bits per heavy atom. The molecule has 3 unspecified atom stereocenters. The van der Waals surface area contributed by atoms with Gasteiger partial charge in [0.15, 0.2) is 0 Å². The number of ether oxygens (including phenoxy) is 6. The number of aromatic hydroxyl groups is 1. The Kier molecular flexibility index (Phi) is 8.31. The molecule has 11 heteroatoms. The van der Waals surface area contributed by atoms with Crippen LogP contribution in [-0.2, 0) is 34.8 Å². The van der Waals surface area contributed by atoms with E-state index in [4.69, 9.17) is 28.4 Å². The van der Waals surface area contributed by atoms with Crippen LogP contribution in [0, 0.1) is 5.41 Å². The van der Waals surface area contributed by atoms with Crippen LogP contribution in [0.1, 0.15) is 18.9 Å². The van der Waals surface area contributed by atoms with Gasteiger partial charge in [0.1, 0.15) is 40.8 Å². The van der Waals surface area contributed by atoms with Crippen molar-refractivity contribution in [3.05, 3.63) is 48.0 Å². The highest BCUT2D eigenvalue weighted by Crippen LogP contribution is 2.31. The first-order chi connectivity index (χ1) is 19.6. The highest BCUT2D eigenvalue weighted by molar-refractivity contribution is 5.79. The molecule has 2 saturated heterocycles. The molecule has 0 amide bonds. The molecule has 2 aliphatic rings. The number of aliphatic hydroxyl groups is 1. The lowest BCUT2D eigenvalue weighted by Gasteiger charge is -2.32. The largest absolute Gasteiger partial charge is 0.506 e. The monoisotopic (exact) mass is 557 g/mol. The SMILES string of the molecule is CCC(COCC(O)COCCc1ccc(O)c(-n2n3c4ccccc4n23)c1)(COCC1CO1)COCC1CO1. The molecule has 0 aliphatic carbocycles. The molecule has 2 N–H and O–H groups in total. The first-order valence-corrected chi connectivity index (χ1v) is 14.1. The van der Waals surface area contributed by atoms with Gasteiger partial charge < -0.3 is 38.6 Å². The van der Waals surface area contributed by atoms with Crippen LogP contribution in [-0.4, -0.2) is 109 Å². The van der Waals surface area contributed by atoms with Gasteiger partial charge in [-0.3, -0.25) is 0 Å². The molecule has 11 nitrogen and oxygen atoms in total. The van der Waals surface area contributed by atoms with Crippen LogP contribution < -0.4 is 0 Å². The minimum atomic E-state index is -0.737. The van der Waals surface area contributed by atoms with E-state index in [2.05, 4.69) is 19.1 Å². The number of rotatable bonds is 19. The first kappa shape index (κ1) is 27.5. The van der Waals surface area contributed by atoms with Crippen LogP contribution in [0.2, 0.25) is 0 Å². The maximum absolute atomic E-state index is 10.4. The van der Waals surface area contributed by atoms with Crippen LogP contribution in [0.3, 0.4) is 0 Å². The zero-order valence-electron chi connectivity index (χ0n) is 22.9. The van der Waals surface area contributed by atoms with Gasteiger partial charge in [-0.25, -0.2) is 0 Å². The molecule has 0 spiro atoms. The summed E-state index contributed by atoms with van der Waals surface area (Å²) in [5.41, 5.74) is 3.69. The van der Waals surface area contributed by atoms with Gasteiger partial charge in [0.2, 0.25) is 0 Å². The summed E-state index contributed by atoms with van der Waals surface area (Å²) in [5, 5.41) is 20.9. The highest BCUT2D eigenvalue weighted by Gasteiger charge is 2.33. The number of para-hydroxylation sites is 2. The van der Waals surface area contributed by atoms with Crippen LogP contribution in [0.4, 0.5) is 0 Å². The molecule has 2 aromatic heterocycles. The van der Waals surface area contributed by atoms with Crippen LogP contribution in [0.5, 0.6) is 5.75 Å². The fourth-order valence-electron chi connectivity index (χ4n) is 4.82. The predicted octanol–water partition coefficient (Wildman–Crippen LogP) is 2.29. The highest BCUT2D eigenvalue weighted by atomic mass is 16.6. The van der Waals surface area contributed by atoms with E-state index in [0.717, 1.165) is 41.9 Å². The molecule has 218 valence electrons. The van der Waals surface area contributed by atoms with Crippen LogP contribution >= 0.6 is 0 Å². The van der Waals surface area contributed by atoms with E-state index >= 15 is 0 Å². The standard InChI is InChI=1S/C29H39N3O8/c1-2-29(19-37-14-23-16-39-23,20-38-15-24-17-40-24)18-36-13-22(33)12-35-10-9-21-7-8-28(34)27(11-21)32-30-25-5-3-4-6-26(25)31(30)32/h3-8,11,22-24,33-34H,2,9-10,12-20H2,1H3. The van der Waals surface area contributed by atoms with Gasteiger partial charge in [0, 0.05) is 5.41 Å². The third-order valence-electron chi connectivity index (χ3n) is 7.62. The van der Waals surface area contributed by atoms with E-state index < -0.39 is 6.10 Å². The lowest BCUT2D eigenvalue weighted by Crippen LogP contribution is -2.38. The Morgan fingerprint density at radius 3 is 2.10 bits per heavy atom. The van der Waals surface area contributed by atoms with Gasteiger partial charge >= 0.3 is 0 Å². The molecule has 3 atom stereocenters. The number of hydrogen-bond donors (Lipinski definition) is 2. The fraction of sp³-hybridized carbons (Fsp3) is 0.586. The maximum Gasteiger partial charge on any atom is 0.143 e. The van der Waals surface area contributed by atoms with Crippen molar-refractivity contribution in [3.63, 3.8) is 0 Å². The summed E-state index contributed by atoms with van der Waals surface area (Å²) in [4.78, 5) is 1.94. The first-order valence-electron chi connectivity index (χ1n) is 14.1. The van der Waals surface area contributed by atoms with Crippen molar-refractivity contribution in [2.45, 2.75) is 38.1 Å². The van der Waals surface area contributed by atoms with Crippen molar-refractivity contribution in [2.24, 2.45) is 5.41 Å². The van der Waals surface area contributed by atoms with E-state index in [1.54, 1.807) is 6.07 Å². The fourth-order valence-corrected chi connectivity index (χ4v) is 4.82. The lowest BCUT2D eigenvalue weighted by atomic mass is 9.88. The third-order valence-corrected chi connectivity index (χ3v) is 7.62. The molecular formula is C29H39N3O8. The van der Waals surface area contributed by atoms with Crippen molar-refractivity contribution in [3.8, 4) is 11.4 Å². The summed E-state index contributed by atoms with van der Waals surface area (Å²) in [6.45, 7) is 7.01. The summed E-state index contributed by atoms with van der Waals surface area (Å²) < 4.78 is 38.0. The molecule has 4 heterocycles. The number of epoxide rings is 2. The van der Waals surface area contributed by atoms with Gasteiger partial charge in [0.25, 0.3) is 0 Å². The second-order valence-electron chi connectivity index (χ2n) is 11.0. The van der Waals surface area contributed by atoms with Gasteiger partial charge in [-0.2, -0.15) is 0 Å². The molecule has 4 aromatic rings. The molecular weight excluding hydrogens is 518 g/mol. The number of hydrogen-bond acceptors (Lipinski definition) is 8. The summed E-state index contributed by atoms with van der Waals surface area (Å²) in [6.07, 6.45) is 1.16. The lowest BCUT2D eigenvalue weighted by molar-refractivity contribution is -0.0924. The summed E-state index contributed by atoms with van der Waals surface area (Å²) in [7, 11) is 0. The van der Waals surface area contributed by atoms with Crippen LogP contribution in [0.15, 0.2) is 42.5 Å². The van der Waals surface area contributed by atoms with Crippen molar-refractivity contribution in [2.75, 3.05) is 66.1 Å². The summed E-state index contributed by atoms with van der Waals surface area (Å²) in [5.74, 6) is 0.221. The summed E-state index contributed by atoms with van der Waals surface area (Å²) in [6, 6.07) is 13.7. The number of nitrogens with zero attached hydrogens (tertiary/aromatic N) is 3. The molecule has 40 heavy (non-hydrogen) atoms. The van der Waals surface area contributed by atoms with Crippen LogP contribution in [0.25, 0.3) is 16.7 Å². The molecule has 0 radical (unpaired) electrons. The van der Waals surface area contributed by atoms with E-state index in [9.17, 15) is 10.2 Å². The molecule has 0 saturated carbocycles. The smallest absolute Gasteiger partial charge is 0.143 e.